The molecule has 1 aromatic rings. The summed E-state index contributed by atoms with van der Waals surface area (Å²) in [5, 5.41) is 3.26. The van der Waals surface area contributed by atoms with Crippen LogP contribution in [-0.4, -0.2) is 43.6 Å². The van der Waals surface area contributed by atoms with Gasteiger partial charge >= 0.3 is 0 Å². The first-order chi connectivity index (χ1) is 10.1. The van der Waals surface area contributed by atoms with E-state index in [1.54, 1.807) is 0 Å². The van der Waals surface area contributed by atoms with Crippen molar-refractivity contribution in [2.45, 2.75) is 39.2 Å². The zero-order chi connectivity index (χ0) is 15.2. The minimum absolute atomic E-state index is 0.194. The van der Waals surface area contributed by atoms with Crippen molar-refractivity contribution in [1.29, 1.82) is 0 Å². The zero-order valence-corrected chi connectivity index (χ0v) is 13.3. The molecule has 1 amide bonds. The maximum absolute atomic E-state index is 12.2. The predicted molar refractivity (Wildman–Crippen MR) is 84.7 cm³/mol. The number of carbonyl (C=O) groups is 1. The lowest BCUT2D eigenvalue weighted by atomic mass is 10.1. The molecule has 21 heavy (non-hydrogen) atoms. The summed E-state index contributed by atoms with van der Waals surface area (Å²) in [6.45, 7) is 6.24. The Morgan fingerprint density at radius 2 is 2.24 bits per heavy atom. The first-order valence-electron chi connectivity index (χ1n) is 7.75. The Morgan fingerprint density at radius 1 is 1.43 bits per heavy atom. The summed E-state index contributed by atoms with van der Waals surface area (Å²) in [7, 11) is 1.96. The number of ether oxygens (including phenoxy) is 1. The van der Waals surface area contributed by atoms with Gasteiger partial charge in [0.15, 0.2) is 0 Å². The van der Waals surface area contributed by atoms with Gasteiger partial charge in [0, 0.05) is 19.1 Å². The van der Waals surface area contributed by atoms with Crippen LogP contribution in [0.5, 0.6) is 5.75 Å². The summed E-state index contributed by atoms with van der Waals surface area (Å²) in [4.78, 5) is 14.2. The Bertz CT molecular complexity index is 488. The molecule has 1 saturated heterocycles. The molecule has 0 spiro atoms. The SMILES string of the molecule is CNC1CCCN(C(=O)CCOc2ccc(C)cc2C)C1. The fourth-order valence-electron chi connectivity index (χ4n) is 2.81. The van der Waals surface area contributed by atoms with E-state index in [0.717, 1.165) is 37.2 Å². The van der Waals surface area contributed by atoms with Gasteiger partial charge < -0.3 is 15.0 Å². The molecule has 1 aliphatic rings. The number of amides is 1. The number of rotatable bonds is 5. The molecule has 1 fully saturated rings. The number of nitrogens with zero attached hydrogens (tertiary/aromatic N) is 1. The standard InChI is InChI=1S/C17H26N2O2/c1-13-6-7-16(14(2)11-13)21-10-8-17(20)19-9-4-5-15(12-19)18-3/h6-7,11,15,18H,4-5,8-10,12H2,1-3H3. The number of carbonyl (C=O) groups excluding carboxylic acids is 1. The van der Waals surface area contributed by atoms with E-state index in [1.807, 2.05) is 31.0 Å². The van der Waals surface area contributed by atoms with Crippen molar-refractivity contribution in [2.24, 2.45) is 0 Å². The molecule has 1 aromatic carbocycles. The van der Waals surface area contributed by atoms with E-state index in [2.05, 4.69) is 18.3 Å². The summed E-state index contributed by atoms with van der Waals surface area (Å²) in [6, 6.07) is 6.54. The van der Waals surface area contributed by atoms with Gasteiger partial charge in [-0.2, -0.15) is 0 Å². The topological polar surface area (TPSA) is 41.6 Å². The van der Waals surface area contributed by atoms with Gasteiger partial charge in [-0.15, -0.1) is 0 Å². The van der Waals surface area contributed by atoms with Crippen molar-refractivity contribution < 1.29 is 9.53 Å². The van der Waals surface area contributed by atoms with Crippen LogP contribution in [0.2, 0.25) is 0 Å². The molecule has 4 nitrogen and oxygen atoms in total. The number of hydrogen-bond donors (Lipinski definition) is 1. The lowest BCUT2D eigenvalue weighted by Crippen LogP contribution is -2.47. The second-order valence-corrected chi connectivity index (χ2v) is 5.83. The van der Waals surface area contributed by atoms with Crippen molar-refractivity contribution in [1.82, 2.24) is 10.2 Å². The molecule has 0 bridgehead atoms. The third kappa shape index (κ3) is 4.46. The van der Waals surface area contributed by atoms with E-state index >= 15 is 0 Å². The van der Waals surface area contributed by atoms with E-state index in [0.29, 0.717) is 19.1 Å². The van der Waals surface area contributed by atoms with E-state index in [9.17, 15) is 4.79 Å². The number of likely N-dealkylation sites (N-methyl/N-ethyl adjacent to an activating group) is 1. The average molecular weight is 290 g/mol. The van der Waals surface area contributed by atoms with Crippen LogP contribution >= 0.6 is 0 Å². The Morgan fingerprint density at radius 3 is 2.95 bits per heavy atom. The maximum atomic E-state index is 12.2. The van der Waals surface area contributed by atoms with Crippen molar-refractivity contribution in [3.63, 3.8) is 0 Å². The van der Waals surface area contributed by atoms with Crippen LogP contribution in [0, 0.1) is 13.8 Å². The molecule has 0 aliphatic carbocycles. The zero-order valence-electron chi connectivity index (χ0n) is 13.3. The molecular formula is C17H26N2O2. The fraction of sp³-hybridized carbons (Fsp3) is 0.588. The number of piperidine rings is 1. The van der Waals surface area contributed by atoms with Gasteiger partial charge in [0.05, 0.1) is 13.0 Å². The van der Waals surface area contributed by atoms with E-state index in [1.165, 1.54) is 5.56 Å². The highest BCUT2D eigenvalue weighted by Gasteiger charge is 2.22. The fourth-order valence-corrected chi connectivity index (χ4v) is 2.81. The van der Waals surface area contributed by atoms with Crippen molar-refractivity contribution >= 4 is 5.91 Å². The van der Waals surface area contributed by atoms with Crippen LogP contribution in [-0.2, 0) is 4.79 Å². The smallest absolute Gasteiger partial charge is 0.226 e. The van der Waals surface area contributed by atoms with Crippen LogP contribution in [0.25, 0.3) is 0 Å². The molecule has 1 aliphatic heterocycles. The van der Waals surface area contributed by atoms with Gasteiger partial charge in [-0.25, -0.2) is 0 Å². The number of hydrogen-bond acceptors (Lipinski definition) is 3. The van der Waals surface area contributed by atoms with Crippen molar-refractivity contribution in [3.05, 3.63) is 29.3 Å². The monoisotopic (exact) mass is 290 g/mol. The van der Waals surface area contributed by atoms with Crippen LogP contribution in [0.4, 0.5) is 0 Å². The van der Waals surface area contributed by atoms with Crippen molar-refractivity contribution in [3.8, 4) is 5.75 Å². The van der Waals surface area contributed by atoms with Crippen LogP contribution in [0.1, 0.15) is 30.4 Å². The van der Waals surface area contributed by atoms with Crippen LogP contribution < -0.4 is 10.1 Å². The Kier molecular flexibility index (Phi) is 5.62. The largest absolute Gasteiger partial charge is 0.493 e. The first kappa shape index (κ1) is 15.8. The Hall–Kier alpha value is -1.55. The minimum Gasteiger partial charge on any atom is -0.493 e. The molecule has 1 N–H and O–H groups in total. The molecule has 1 atom stereocenters. The van der Waals surface area contributed by atoms with Gasteiger partial charge in [-0.1, -0.05) is 17.7 Å². The molecule has 2 rings (SSSR count). The predicted octanol–water partition coefficient (Wildman–Crippen LogP) is 2.28. The quantitative estimate of drug-likeness (QED) is 0.904. The average Bonchev–Trinajstić information content (AvgIpc) is 2.49. The van der Waals surface area contributed by atoms with Crippen molar-refractivity contribution in [2.75, 3.05) is 26.7 Å². The Balaban J connectivity index is 1.78. The molecule has 0 saturated carbocycles. The number of benzene rings is 1. The lowest BCUT2D eigenvalue weighted by molar-refractivity contribution is -0.133. The van der Waals surface area contributed by atoms with Gasteiger partial charge in [0.1, 0.15) is 5.75 Å². The van der Waals surface area contributed by atoms with E-state index < -0.39 is 0 Å². The van der Waals surface area contributed by atoms with Gasteiger partial charge in [-0.05, 0) is 45.4 Å². The summed E-state index contributed by atoms with van der Waals surface area (Å²) in [5.74, 6) is 1.07. The second-order valence-electron chi connectivity index (χ2n) is 5.83. The normalized spacial score (nSPS) is 18.6. The molecule has 0 aromatic heterocycles. The third-order valence-corrected chi connectivity index (χ3v) is 4.09. The molecule has 4 heteroatoms. The second kappa shape index (κ2) is 7.46. The lowest BCUT2D eigenvalue weighted by Gasteiger charge is -2.32. The summed E-state index contributed by atoms with van der Waals surface area (Å²) in [5.41, 5.74) is 2.35. The first-order valence-corrected chi connectivity index (χ1v) is 7.75. The molecule has 116 valence electrons. The number of likely N-dealkylation sites (tertiary alicyclic amines) is 1. The Labute approximate surface area is 127 Å². The highest BCUT2D eigenvalue weighted by molar-refractivity contribution is 5.76. The summed E-state index contributed by atoms with van der Waals surface area (Å²) < 4.78 is 5.74. The number of aryl methyl sites for hydroxylation is 2. The highest BCUT2D eigenvalue weighted by Crippen LogP contribution is 2.19. The van der Waals surface area contributed by atoms with E-state index in [-0.39, 0.29) is 5.91 Å². The number of nitrogens with one attached hydrogen (secondary N) is 1. The van der Waals surface area contributed by atoms with Crippen LogP contribution in [0.3, 0.4) is 0 Å². The highest BCUT2D eigenvalue weighted by atomic mass is 16.5. The summed E-state index contributed by atoms with van der Waals surface area (Å²) in [6.07, 6.45) is 2.68. The molecule has 0 radical (unpaired) electrons. The molecule has 1 heterocycles. The minimum atomic E-state index is 0.194. The maximum Gasteiger partial charge on any atom is 0.226 e. The third-order valence-electron chi connectivity index (χ3n) is 4.09. The van der Waals surface area contributed by atoms with Crippen LogP contribution in [0.15, 0.2) is 18.2 Å². The molecule has 1 unspecified atom stereocenters. The molecular weight excluding hydrogens is 264 g/mol. The summed E-state index contributed by atoms with van der Waals surface area (Å²) >= 11 is 0. The van der Waals surface area contributed by atoms with E-state index in [4.69, 9.17) is 4.74 Å². The van der Waals surface area contributed by atoms with Gasteiger partial charge in [0.25, 0.3) is 0 Å². The van der Waals surface area contributed by atoms with Gasteiger partial charge in [0.2, 0.25) is 5.91 Å². The van der Waals surface area contributed by atoms with Gasteiger partial charge in [-0.3, -0.25) is 4.79 Å².